The van der Waals surface area contributed by atoms with Crippen LogP contribution in [0.4, 0.5) is 5.69 Å². The van der Waals surface area contributed by atoms with Gasteiger partial charge in [0.25, 0.3) is 0 Å². The number of para-hydroxylation sites is 2. The van der Waals surface area contributed by atoms with Crippen LogP contribution in [0.1, 0.15) is 33.1 Å². The highest BCUT2D eigenvalue weighted by atomic mass is 16.3. The predicted molar refractivity (Wildman–Crippen MR) is 73.4 cm³/mol. The third-order valence-corrected chi connectivity index (χ3v) is 3.03. The molecule has 100 valence electrons. The molecule has 1 aromatic carbocycles. The lowest BCUT2D eigenvalue weighted by Crippen LogP contribution is -2.20. The molecule has 0 aliphatic heterocycles. The maximum Gasteiger partial charge on any atom is 0.224 e. The van der Waals surface area contributed by atoms with Crippen LogP contribution >= 0.6 is 0 Å². The van der Waals surface area contributed by atoms with Crippen LogP contribution in [0, 0.1) is 5.41 Å². The summed E-state index contributed by atoms with van der Waals surface area (Å²) in [5.41, 5.74) is 6.06. The molecule has 18 heavy (non-hydrogen) atoms. The Balaban J connectivity index is 2.46. The molecule has 0 aliphatic rings. The molecule has 4 heteroatoms. The van der Waals surface area contributed by atoms with Gasteiger partial charge in [-0.15, -0.1) is 0 Å². The van der Waals surface area contributed by atoms with Crippen molar-refractivity contribution in [3.63, 3.8) is 0 Å². The average molecular weight is 250 g/mol. The van der Waals surface area contributed by atoms with Crippen molar-refractivity contribution in [2.24, 2.45) is 11.1 Å². The number of aromatic hydroxyl groups is 1. The van der Waals surface area contributed by atoms with E-state index in [4.69, 9.17) is 5.73 Å². The fourth-order valence-electron chi connectivity index (χ4n) is 1.76. The largest absolute Gasteiger partial charge is 0.506 e. The zero-order valence-corrected chi connectivity index (χ0v) is 11.1. The van der Waals surface area contributed by atoms with Gasteiger partial charge in [0.15, 0.2) is 0 Å². The summed E-state index contributed by atoms with van der Waals surface area (Å²) < 4.78 is 0. The third kappa shape index (κ3) is 4.75. The van der Waals surface area contributed by atoms with E-state index >= 15 is 0 Å². The van der Waals surface area contributed by atoms with Gasteiger partial charge in [0.2, 0.25) is 5.91 Å². The van der Waals surface area contributed by atoms with Crippen molar-refractivity contribution in [2.75, 3.05) is 11.9 Å². The second kappa shape index (κ2) is 6.40. The molecule has 0 heterocycles. The summed E-state index contributed by atoms with van der Waals surface area (Å²) in [6.07, 6.45) is 2.11. The summed E-state index contributed by atoms with van der Waals surface area (Å²) in [5.74, 6) is 0.00802. The summed E-state index contributed by atoms with van der Waals surface area (Å²) in [7, 11) is 0. The van der Waals surface area contributed by atoms with Crippen molar-refractivity contribution in [3.05, 3.63) is 24.3 Å². The Kier molecular flexibility index (Phi) is 5.16. The number of anilines is 1. The highest BCUT2D eigenvalue weighted by Gasteiger charge is 2.18. The van der Waals surface area contributed by atoms with Crippen molar-refractivity contribution in [1.29, 1.82) is 0 Å². The van der Waals surface area contributed by atoms with Gasteiger partial charge in [-0.3, -0.25) is 4.79 Å². The number of carbonyl (C=O) groups excluding carboxylic acids is 1. The minimum Gasteiger partial charge on any atom is -0.506 e. The lowest BCUT2D eigenvalue weighted by molar-refractivity contribution is -0.116. The number of carbonyl (C=O) groups is 1. The number of phenols is 1. The Morgan fingerprint density at radius 1 is 1.33 bits per heavy atom. The normalized spacial score (nSPS) is 11.3. The molecule has 0 saturated heterocycles. The lowest BCUT2D eigenvalue weighted by Gasteiger charge is -2.23. The van der Waals surface area contributed by atoms with Crippen LogP contribution in [0.25, 0.3) is 0 Å². The van der Waals surface area contributed by atoms with Crippen molar-refractivity contribution in [2.45, 2.75) is 33.1 Å². The van der Waals surface area contributed by atoms with Crippen molar-refractivity contribution in [1.82, 2.24) is 0 Å². The van der Waals surface area contributed by atoms with Crippen molar-refractivity contribution < 1.29 is 9.90 Å². The summed E-state index contributed by atoms with van der Waals surface area (Å²) >= 11 is 0. The summed E-state index contributed by atoms with van der Waals surface area (Å²) in [6.45, 7) is 4.84. The fourth-order valence-corrected chi connectivity index (χ4v) is 1.76. The highest BCUT2D eigenvalue weighted by Crippen LogP contribution is 2.27. The van der Waals surface area contributed by atoms with Crippen molar-refractivity contribution in [3.8, 4) is 5.75 Å². The van der Waals surface area contributed by atoms with Crippen LogP contribution in [-0.2, 0) is 4.79 Å². The molecule has 4 nitrogen and oxygen atoms in total. The van der Waals surface area contributed by atoms with E-state index in [-0.39, 0.29) is 17.1 Å². The first-order valence-corrected chi connectivity index (χ1v) is 6.22. The van der Waals surface area contributed by atoms with E-state index in [1.54, 1.807) is 24.3 Å². The van der Waals surface area contributed by atoms with E-state index in [0.717, 1.165) is 12.8 Å². The van der Waals surface area contributed by atoms with Crippen LogP contribution in [-0.4, -0.2) is 17.6 Å². The maximum absolute atomic E-state index is 11.8. The summed E-state index contributed by atoms with van der Waals surface area (Å²) in [4.78, 5) is 11.8. The number of nitrogens with two attached hydrogens (primary N) is 1. The van der Waals surface area contributed by atoms with Gasteiger partial charge >= 0.3 is 0 Å². The molecular weight excluding hydrogens is 228 g/mol. The Labute approximate surface area is 108 Å². The van der Waals surface area contributed by atoms with E-state index in [2.05, 4.69) is 19.2 Å². The number of amides is 1. The van der Waals surface area contributed by atoms with Crippen LogP contribution in [0.3, 0.4) is 0 Å². The minimum absolute atomic E-state index is 0.0742. The second-order valence-electron chi connectivity index (χ2n) is 5.27. The van der Waals surface area contributed by atoms with Gasteiger partial charge in [-0.2, -0.15) is 0 Å². The topological polar surface area (TPSA) is 75.4 Å². The lowest BCUT2D eigenvalue weighted by atomic mass is 9.84. The zero-order valence-electron chi connectivity index (χ0n) is 11.1. The summed E-state index contributed by atoms with van der Waals surface area (Å²) in [5, 5.41) is 12.2. The Bertz CT molecular complexity index is 403. The van der Waals surface area contributed by atoms with Gasteiger partial charge in [-0.05, 0) is 36.9 Å². The molecule has 0 bridgehead atoms. The smallest absolute Gasteiger partial charge is 0.224 e. The predicted octanol–water partition coefficient (Wildman–Crippen LogP) is 2.49. The molecule has 0 aliphatic carbocycles. The van der Waals surface area contributed by atoms with Gasteiger partial charge in [-0.25, -0.2) is 0 Å². The molecule has 1 rings (SSSR count). The van der Waals surface area contributed by atoms with Crippen molar-refractivity contribution >= 4 is 11.6 Å². The molecule has 4 N–H and O–H groups in total. The molecule has 1 amide bonds. The third-order valence-electron chi connectivity index (χ3n) is 3.03. The first-order chi connectivity index (χ1) is 8.44. The average Bonchev–Trinajstić information content (AvgIpc) is 2.30. The van der Waals surface area contributed by atoms with Gasteiger partial charge in [0, 0.05) is 6.42 Å². The quantitative estimate of drug-likeness (QED) is 0.679. The molecule has 0 radical (unpaired) electrons. The van der Waals surface area contributed by atoms with E-state index in [0.29, 0.717) is 18.7 Å². The van der Waals surface area contributed by atoms with E-state index < -0.39 is 0 Å². The number of rotatable bonds is 6. The number of nitrogens with one attached hydrogen (secondary N) is 1. The maximum atomic E-state index is 11.8. The number of benzene rings is 1. The zero-order chi connectivity index (χ0) is 13.6. The number of hydrogen-bond acceptors (Lipinski definition) is 3. The number of phenolic OH excluding ortho intramolecular Hbond substituents is 1. The molecule has 0 fully saturated rings. The molecule has 0 atom stereocenters. The van der Waals surface area contributed by atoms with E-state index in [1.807, 2.05) is 0 Å². The van der Waals surface area contributed by atoms with Crippen LogP contribution in [0.5, 0.6) is 5.75 Å². The molecular formula is C14H22N2O2. The summed E-state index contributed by atoms with van der Waals surface area (Å²) in [6, 6.07) is 6.72. The highest BCUT2D eigenvalue weighted by molar-refractivity contribution is 5.92. The molecule has 0 aromatic heterocycles. The first kappa shape index (κ1) is 14.5. The standard InChI is InChI=1S/C14H22N2O2/c1-14(2,9-10-15)8-7-13(18)16-11-5-3-4-6-12(11)17/h3-6,17H,7-10,15H2,1-2H3,(H,16,18). The van der Waals surface area contributed by atoms with Gasteiger partial charge in [0.1, 0.15) is 5.75 Å². The van der Waals surface area contributed by atoms with Gasteiger partial charge in [-0.1, -0.05) is 26.0 Å². The van der Waals surface area contributed by atoms with E-state index in [1.165, 1.54) is 0 Å². The second-order valence-corrected chi connectivity index (χ2v) is 5.27. The first-order valence-electron chi connectivity index (χ1n) is 6.22. The SMILES string of the molecule is CC(C)(CCN)CCC(=O)Nc1ccccc1O. The van der Waals surface area contributed by atoms with Crippen LogP contribution in [0.15, 0.2) is 24.3 Å². The fraction of sp³-hybridized carbons (Fsp3) is 0.500. The monoisotopic (exact) mass is 250 g/mol. The molecule has 0 unspecified atom stereocenters. The Morgan fingerprint density at radius 2 is 2.00 bits per heavy atom. The van der Waals surface area contributed by atoms with E-state index in [9.17, 15) is 9.90 Å². The molecule has 0 spiro atoms. The molecule has 0 saturated carbocycles. The van der Waals surface area contributed by atoms with Crippen LogP contribution in [0.2, 0.25) is 0 Å². The van der Waals surface area contributed by atoms with Crippen LogP contribution < -0.4 is 11.1 Å². The van der Waals surface area contributed by atoms with Gasteiger partial charge in [0.05, 0.1) is 5.69 Å². The number of hydrogen-bond donors (Lipinski definition) is 3. The minimum atomic E-state index is -0.0819. The molecule has 1 aromatic rings. The Morgan fingerprint density at radius 3 is 2.61 bits per heavy atom. The van der Waals surface area contributed by atoms with Gasteiger partial charge < -0.3 is 16.2 Å². The Hall–Kier alpha value is -1.55.